The summed E-state index contributed by atoms with van der Waals surface area (Å²) in [5.74, 6) is -1.29. The molecule has 8 heteroatoms. The summed E-state index contributed by atoms with van der Waals surface area (Å²) in [7, 11) is 0. The normalized spacial score (nSPS) is 11.2. The number of carbonyl (C=O) groups is 2. The highest BCUT2D eigenvalue weighted by atomic mass is 19.4. The van der Waals surface area contributed by atoms with Crippen LogP contribution in [0, 0.1) is 0 Å². The Morgan fingerprint density at radius 1 is 1.22 bits per heavy atom. The second kappa shape index (κ2) is 7.91. The molecule has 1 amide bonds. The minimum atomic E-state index is -4.47. The number of alkyl halides is 3. The lowest BCUT2D eigenvalue weighted by molar-refractivity contribution is -0.178. The molecule has 0 aromatic heterocycles. The molecule has 0 fully saturated rings. The van der Waals surface area contributed by atoms with E-state index in [1.54, 1.807) is 13.8 Å². The fourth-order valence-corrected chi connectivity index (χ4v) is 1.08. The van der Waals surface area contributed by atoms with Gasteiger partial charge in [0.2, 0.25) is 5.91 Å². The van der Waals surface area contributed by atoms with E-state index < -0.39 is 31.3 Å². The first kappa shape index (κ1) is 16.7. The van der Waals surface area contributed by atoms with Crippen LogP contribution in [-0.4, -0.2) is 55.9 Å². The van der Waals surface area contributed by atoms with E-state index in [0.29, 0.717) is 0 Å². The van der Waals surface area contributed by atoms with Crippen molar-refractivity contribution in [3.05, 3.63) is 0 Å². The number of esters is 1. The van der Waals surface area contributed by atoms with Gasteiger partial charge in [0.15, 0.2) is 0 Å². The molecule has 0 saturated heterocycles. The van der Waals surface area contributed by atoms with Gasteiger partial charge in [0.05, 0.1) is 6.61 Å². The lowest BCUT2D eigenvalue weighted by atomic mass is 10.4. The van der Waals surface area contributed by atoms with Crippen LogP contribution < -0.4 is 0 Å². The smallest absolute Gasteiger partial charge is 0.411 e. The standard InChI is InChI=1S/C10H16F3NO4/c1-3-14(5-9(16)18-4-2)8(15)6-17-7-10(11,12)13/h3-7H2,1-2H3. The topological polar surface area (TPSA) is 55.8 Å². The summed E-state index contributed by atoms with van der Waals surface area (Å²) >= 11 is 0. The fraction of sp³-hybridized carbons (Fsp3) is 0.800. The molecule has 0 heterocycles. The van der Waals surface area contributed by atoms with Gasteiger partial charge in [-0.25, -0.2) is 0 Å². The van der Waals surface area contributed by atoms with Crippen LogP contribution in [0.2, 0.25) is 0 Å². The zero-order chi connectivity index (χ0) is 14.2. The second-order valence-electron chi connectivity index (χ2n) is 3.32. The maximum atomic E-state index is 11.8. The van der Waals surface area contributed by atoms with Gasteiger partial charge in [0.25, 0.3) is 0 Å². The highest BCUT2D eigenvalue weighted by Crippen LogP contribution is 2.14. The van der Waals surface area contributed by atoms with E-state index in [0.717, 1.165) is 4.90 Å². The van der Waals surface area contributed by atoms with Crippen LogP contribution in [0.25, 0.3) is 0 Å². The Hall–Kier alpha value is -1.31. The first-order valence-corrected chi connectivity index (χ1v) is 5.38. The van der Waals surface area contributed by atoms with Gasteiger partial charge in [0, 0.05) is 6.54 Å². The van der Waals surface area contributed by atoms with E-state index >= 15 is 0 Å². The number of likely N-dealkylation sites (N-methyl/N-ethyl adjacent to an activating group) is 1. The fourth-order valence-electron chi connectivity index (χ4n) is 1.08. The van der Waals surface area contributed by atoms with E-state index in [1.165, 1.54) is 0 Å². The van der Waals surface area contributed by atoms with Crippen LogP contribution in [0.1, 0.15) is 13.8 Å². The summed E-state index contributed by atoms with van der Waals surface area (Å²) in [6.07, 6.45) is -4.47. The van der Waals surface area contributed by atoms with Crippen molar-refractivity contribution >= 4 is 11.9 Å². The number of halogens is 3. The van der Waals surface area contributed by atoms with Crippen LogP contribution >= 0.6 is 0 Å². The quantitative estimate of drug-likeness (QED) is 0.648. The monoisotopic (exact) mass is 271 g/mol. The summed E-state index contributed by atoms with van der Waals surface area (Å²) in [5, 5.41) is 0. The number of carbonyl (C=O) groups excluding carboxylic acids is 2. The predicted octanol–water partition coefficient (Wildman–Crippen LogP) is 0.977. The van der Waals surface area contributed by atoms with Crippen LogP contribution in [0.5, 0.6) is 0 Å². The van der Waals surface area contributed by atoms with Crippen molar-refractivity contribution in [1.82, 2.24) is 4.90 Å². The maximum Gasteiger partial charge on any atom is 0.411 e. The Balaban J connectivity index is 4.07. The van der Waals surface area contributed by atoms with Gasteiger partial charge in [-0.15, -0.1) is 0 Å². The van der Waals surface area contributed by atoms with Crippen LogP contribution in [0.3, 0.4) is 0 Å². The molecule has 0 radical (unpaired) electrons. The first-order chi connectivity index (χ1) is 8.30. The van der Waals surface area contributed by atoms with Gasteiger partial charge < -0.3 is 14.4 Å². The molecule has 0 rings (SSSR count). The molecule has 106 valence electrons. The lowest BCUT2D eigenvalue weighted by Gasteiger charge is -2.19. The highest BCUT2D eigenvalue weighted by Gasteiger charge is 2.28. The maximum absolute atomic E-state index is 11.8. The predicted molar refractivity (Wildman–Crippen MR) is 55.8 cm³/mol. The Morgan fingerprint density at radius 3 is 2.28 bits per heavy atom. The van der Waals surface area contributed by atoms with Gasteiger partial charge in [-0.3, -0.25) is 9.59 Å². The Bertz CT molecular complexity index is 281. The molecule has 0 aliphatic rings. The average Bonchev–Trinajstić information content (AvgIpc) is 2.24. The summed E-state index contributed by atoms with van der Waals surface area (Å²) in [4.78, 5) is 23.6. The van der Waals surface area contributed by atoms with Gasteiger partial charge in [0.1, 0.15) is 19.8 Å². The zero-order valence-corrected chi connectivity index (χ0v) is 10.2. The molecule has 0 aromatic carbocycles. The molecule has 0 saturated carbocycles. The van der Waals surface area contributed by atoms with E-state index in [4.69, 9.17) is 0 Å². The molecular formula is C10H16F3NO4. The van der Waals surface area contributed by atoms with E-state index in [9.17, 15) is 22.8 Å². The van der Waals surface area contributed by atoms with Crippen molar-refractivity contribution in [2.45, 2.75) is 20.0 Å². The molecule has 0 aliphatic carbocycles. The van der Waals surface area contributed by atoms with Crippen molar-refractivity contribution in [3.8, 4) is 0 Å². The SMILES string of the molecule is CCOC(=O)CN(CC)C(=O)COCC(F)(F)F. The Kier molecular flexibility index (Phi) is 7.33. The van der Waals surface area contributed by atoms with Crippen molar-refractivity contribution in [2.24, 2.45) is 0 Å². The first-order valence-electron chi connectivity index (χ1n) is 5.38. The molecule has 5 nitrogen and oxygen atoms in total. The van der Waals surface area contributed by atoms with Crippen molar-refractivity contribution < 1.29 is 32.2 Å². The van der Waals surface area contributed by atoms with Crippen LogP contribution in [0.4, 0.5) is 13.2 Å². The number of amides is 1. The van der Waals surface area contributed by atoms with Crippen LogP contribution in [-0.2, 0) is 19.1 Å². The zero-order valence-electron chi connectivity index (χ0n) is 10.2. The summed E-state index contributed by atoms with van der Waals surface area (Å²) in [6, 6.07) is 0. The number of nitrogens with zero attached hydrogens (tertiary/aromatic N) is 1. The van der Waals surface area contributed by atoms with E-state index in [2.05, 4.69) is 9.47 Å². The van der Waals surface area contributed by atoms with Crippen LogP contribution in [0.15, 0.2) is 0 Å². The number of hydrogen-bond acceptors (Lipinski definition) is 4. The molecule has 0 aliphatic heterocycles. The minimum Gasteiger partial charge on any atom is -0.465 e. The third-order valence-corrected chi connectivity index (χ3v) is 1.85. The number of ether oxygens (including phenoxy) is 2. The largest absolute Gasteiger partial charge is 0.465 e. The van der Waals surface area contributed by atoms with Gasteiger partial charge in [-0.2, -0.15) is 13.2 Å². The molecule has 0 atom stereocenters. The molecular weight excluding hydrogens is 255 g/mol. The second-order valence-corrected chi connectivity index (χ2v) is 3.32. The molecule has 0 bridgehead atoms. The average molecular weight is 271 g/mol. The lowest BCUT2D eigenvalue weighted by Crippen LogP contribution is -2.39. The molecule has 0 N–H and O–H groups in total. The van der Waals surface area contributed by atoms with Gasteiger partial charge >= 0.3 is 12.1 Å². The third kappa shape index (κ3) is 7.88. The van der Waals surface area contributed by atoms with Gasteiger partial charge in [-0.05, 0) is 13.8 Å². The highest BCUT2D eigenvalue weighted by molar-refractivity contribution is 5.82. The summed E-state index contributed by atoms with van der Waals surface area (Å²) in [6.45, 7) is 1.08. The number of rotatable bonds is 7. The summed E-state index contributed by atoms with van der Waals surface area (Å²) < 4.78 is 44.2. The molecule has 18 heavy (non-hydrogen) atoms. The Morgan fingerprint density at radius 2 is 1.83 bits per heavy atom. The van der Waals surface area contributed by atoms with Gasteiger partial charge in [-0.1, -0.05) is 0 Å². The summed E-state index contributed by atoms with van der Waals surface area (Å²) in [5.41, 5.74) is 0. The Labute approximate surface area is 103 Å². The third-order valence-electron chi connectivity index (χ3n) is 1.85. The minimum absolute atomic E-state index is 0.176. The van der Waals surface area contributed by atoms with Crippen molar-refractivity contribution in [2.75, 3.05) is 32.9 Å². The van der Waals surface area contributed by atoms with E-state index in [1.807, 2.05) is 0 Å². The number of hydrogen-bond donors (Lipinski definition) is 0. The van der Waals surface area contributed by atoms with Crippen molar-refractivity contribution in [1.29, 1.82) is 0 Å². The molecule has 0 unspecified atom stereocenters. The molecule has 0 aromatic rings. The van der Waals surface area contributed by atoms with E-state index in [-0.39, 0.29) is 19.7 Å². The van der Waals surface area contributed by atoms with Crippen molar-refractivity contribution in [3.63, 3.8) is 0 Å². The molecule has 0 spiro atoms.